The maximum atomic E-state index is 11.0. The molecule has 80 valence electrons. The van der Waals surface area contributed by atoms with Crippen LogP contribution in [0.1, 0.15) is 19.3 Å². The van der Waals surface area contributed by atoms with Gasteiger partial charge in [0.15, 0.2) is 0 Å². The summed E-state index contributed by atoms with van der Waals surface area (Å²) in [6.07, 6.45) is 2.22. The molecule has 5 heteroatoms. The van der Waals surface area contributed by atoms with E-state index in [9.17, 15) is 9.59 Å². The number of hydrogen-bond donors (Lipinski definition) is 2. The van der Waals surface area contributed by atoms with Crippen LogP contribution in [0.5, 0.6) is 0 Å². The van der Waals surface area contributed by atoms with Crippen molar-refractivity contribution in [2.24, 2.45) is 5.41 Å². The van der Waals surface area contributed by atoms with Crippen LogP contribution in [-0.4, -0.2) is 37.2 Å². The minimum absolute atomic E-state index is 0.0182. The van der Waals surface area contributed by atoms with E-state index in [0.717, 1.165) is 6.42 Å². The second kappa shape index (κ2) is 4.41. The molecule has 2 N–H and O–H groups in total. The minimum Gasteiger partial charge on any atom is -0.481 e. The lowest BCUT2D eigenvalue weighted by Gasteiger charge is -2.37. The number of methoxy groups -OCH3 is 1. The van der Waals surface area contributed by atoms with Gasteiger partial charge in [0.05, 0.1) is 5.41 Å². The molecule has 0 heterocycles. The van der Waals surface area contributed by atoms with Crippen LogP contribution >= 0.6 is 0 Å². The van der Waals surface area contributed by atoms with E-state index in [4.69, 9.17) is 5.11 Å². The van der Waals surface area contributed by atoms with Crippen LogP contribution in [0.3, 0.4) is 0 Å². The zero-order chi connectivity index (χ0) is 10.6. The van der Waals surface area contributed by atoms with Crippen molar-refractivity contribution in [1.29, 1.82) is 0 Å². The molecule has 1 aliphatic carbocycles. The highest BCUT2D eigenvalue weighted by Crippen LogP contribution is 2.40. The third-order valence-corrected chi connectivity index (χ3v) is 2.66. The molecule has 1 fully saturated rings. The van der Waals surface area contributed by atoms with Gasteiger partial charge in [0, 0.05) is 13.7 Å². The SMILES string of the molecule is COCC(=O)NCC1(C(=O)O)CCC1. The Labute approximate surface area is 82.4 Å². The molecule has 0 unspecified atom stereocenters. The molecule has 0 saturated heterocycles. The van der Waals surface area contributed by atoms with E-state index in [1.165, 1.54) is 7.11 Å². The van der Waals surface area contributed by atoms with E-state index in [2.05, 4.69) is 10.1 Å². The zero-order valence-corrected chi connectivity index (χ0v) is 8.21. The van der Waals surface area contributed by atoms with Crippen LogP contribution in [-0.2, 0) is 14.3 Å². The number of rotatable bonds is 5. The van der Waals surface area contributed by atoms with E-state index in [-0.39, 0.29) is 19.1 Å². The first-order valence-electron chi connectivity index (χ1n) is 4.60. The summed E-state index contributed by atoms with van der Waals surface area (Å²) in [5, 5.41) is 11.5. The Morgan fingerprint density at radius 2 is 2.14 bits per heavy atom. The number of amides is 1. The molecular weight excluding hydrogens is 186 g/mol. The van der Waals surface area contributed by atoms with E-state index in [0.29, 0.717) is 12.8 Å². The molecule has 14 heavy (non-hydrogen) atoms. The van der Waals surface area contributed by atoms with Gasteiger partial charge in [-0.1, -0.05) is 6.42 Å². The van der Waals surface area contributed by atoms with Crippen LogP contribution in [0, 0.1) is 5.41 Å². The molecule has 0 atom stereocenters. The van der Waals surface area contributed by atoms with E-state index < -0.39 is 11.4 Å². The Morgan fingerprint density at radius 3 is 2.50 bits per heavy atom. The first-order valence-corrected chi connectivity index (χ1v) is 4.60. The minimum atomic E-state index is -0.818. The molecule has 1 saturated carbocycles. The largest absolute Gasteiger partial charge is 0.481 e. The normalized spacial score (nSPS) is 18.4. The molecule has 1 amide bonds. The number of carboxylic acids is 1. The van der Waals surface area contributed by atoms with Crippen LogP contribution < -0.4 is 5.32 Å². The van der Waals surface area contributed by atoms with Crippen molar-refractivity contribution in [3.05, 3.63) is 0 Å². The monoisotopic (exact) mass is 201 g/mol. The molecule has 0 aromatic heterocycles. The standard InChI is InChI=1S/C9H15NO4/c1-14-5-7(11)10-6-9(8(12)13)3-2-4-9/h2-6H2,1H3,(H,10,11)(H,12,13). The maximum Gasteiger partial charge on any atom is 0.311 e. The smallest absolute Gasteiger partial charge is 0.311 e. The Morgan fingerprint density at radius 1 is 1.50 bits per heavy atom. The number of hydrogen-bond acceptors (Lipinski definition) is 3. The summed E-state index contributed by atoms with van der Waals surface area (Å²) in [6.45, 7) is 0.195. The van der Waals surface area contributed by atoms with Crippen molar-refractivity contribution >= 4 is 11.9 Å². The molecule has 1 rings (SSSR count). The summed E-state index contributed by atoms with van der Waals surface area (Å²) >= 11 is 0. The van der Waals surface area contributed by atoms with Crippen molar-refractivity contribution in [2.45, 2.75) is 19.3 Å². The molecule has 5 nitrogen and oxygen atoms in total. The Kier molecular flexibility index (Phi) is 3.46. The van der Waals surface area contributed by atoms with Crippen molar-refractivity contribution in [3.8, 4) is 0 Å². The van der Waals surface area contributed by atoms with Gasteiger partial charge in [-0.15, -0.1) is 0 Å². The quantitative estimate of drug-likeness (QED) is 0.656. The molecule has 1 aliphatic rings. The van der Waals surface area contributed by atoms with Crippen molar-refractivity contribution in [1.82, 2.24) is 5.32 Å². The molecule has 0 aliphatic heterocycles. The lowest BCUT2D eigenvalue weighted by Crippen LogP contribution is -2.48. The number of nitrogens with one attached hydrogen (secondary N) is 1. The van der Waals surface area contributed by atoms with Gasteiger partial charge in [-0.3, -0.25) is 9.59 Å². The number of carbonyl (C=O) groups excluding carboxylic acids is 1. The number of carboxylic acid groups (broad SMARTS) is 1. The summed E-state index contributed by atoms with van der Waals surface area (Å²) in [5.41, 5.74) is -0.719. The van der Waals surface area contributed by atoms with Gasteiger partial charge in [-0.05, 0) is 12.8 Å². The predicted molar refractivity (Wildman–Crippen MR) is 48.8 cm³/mol. The fraction of sp³-hybridized carbons (Fsp3) is 0.778. The Hall–Kier alpha value is -1.10. The molecule has 0 radical (unpaired) electrons. The van der Waals surface area contributed by atoms with Crippen LogP contribution in [0.2, 0.25) is 0 Å². The van der Waals surface area contributed by atoms with Crippen LogP contribution in [0.25, 0.3) is 0 Å². The first kappa shape index (κ1) is 11.0. The van der Waals surface area contributed by atoms with Gasteiger partial charge in [0.25, 0.3) is 0 Å². The van der Waals surface area contributed by atoms with Crippen LogP contribution in [0.15, 0.2) is 0 Å². The zero-order valence-electron chi connectivity index (χ0n) is 8.21. The van der Waals surface area contributed by atoms with E-state index >= 15 is 0 Å². The number of carbonyl (C=O) groups is 2. The summed E-state index contributed by atoms with van der Waals surface area (Å²) in [6, 6.07) is 0. The lowest BCUT2D eigenvalue weighted by atomic mass is 9.69. The maximum absolute atomic E-state index is 11.0. The predicted octanol–water partition coefficient (Wildman–Crippen LogP) is 0.00390. The highest BCUT2D eigenvalue weighted by atomic mass is 16.5. The molecule has 0 aromatic rings. The van der Waals surface area contributed by atoms with Gasteiger partial charge in [-0.25, -0.2) is 0 Å². The van der Waals surface area contributed by atoms with Gasteiger partial charge in [0.2, 0.25) is 5.91 Å². The summed E-state index contributed by atoms with van der Waals surface area (Å²) in [7, 11) is 1.43. The molecule has 0 bridgehead atoms. The third-order valence-electron chi connectivity index (χ3n) is 2.66. The Balaban J connectivity index is 2.35. The topological polar surface area (TPSA) is 75.6 Å². The molecule has 0 spiro atoms. The van der Waals surface area contributed by atoms with E-state index in [1.54, 1.807) is 0 Å². The second-order valence-corrected chi connectivity index (χ2v) is 3.65. The van der Waals surface area contributed by atoms with Crippen molar-refractivity contribution in [2.75, 3.05) is 20.3 Å². The van der Waals surface area contributed by atoms with Crippen molar-refractivity contribution in [3.63, 3.8) is 0 Å². The Bertz CT molecular complexity index is 235. The first-order chi connectivity index (χ1) is 6.60. The van der Waals surface area contributed by atoms with Crippen LogP contribution in [0.4, 0.5) is 0 Å². The lowest BCUT2D eigenvalue weighted by molar-refractivity contribution is -0.154. The van der Waals surface area contributed by atoms with Gasteiger partial charge in [-0.2, -0.15) is 0 Å². The average molecular weight is 201 g/mol. The summed E-state index contributed by atoms with van der Waals surface area (Å²) < 4.78 is 4.62. The highest BCUT2D eigenvalue weighted by molar-refractivity contribution is 5.80. The fourth-order valence-corrected chi connectivity index (χ4v) is 1.52. The fourth-order valence-electron chi connectivity index (χ4n) is 1.52. The molecular formula is C9H15NO4. The highest BCUT2D eigenvalue weighted by Gasteiger charge is 2.44. The van der Waals surface area contributed by atoms with Gasteiger partial charge < -0.3 is 15.2 Å². The molecule has 0 aromatic carbocycles. The summed E-state index contributed by atoms with van der Waals surface area (Å²) in [5.74, 6) is -1.08. The third kappa shape index (κ3) is 2.23. The van der Waals surface area contributed by atoms with Gasteiger partial charge >= 0.3 is 5.97 Å². The van der Waals surface area contributed by atoms with E-state index in [1.807, 2.05) is 0 Å². The number of ether oxygens (including phenoxy) is 1. The van der Waals surface area contributed by atoms with Crippen molar-refractivity contribution < 1.29 is 19.4 Å². The average Bonchev–Trinajstić information content (AvgIpc) is 2.02. The number of aliphatic carboxylic acids is 1. The summed E-state index contributed by atoms with van der Waals surface area (Å²) in [4.78, 5) is 21.9. The van der Waals surface area contributed by atoms with Gasteiger partial charge in [0.1, 0.15) is 6.61 Å². The second-order valence-electron chi connectivity index (χ2n) is 3.65.